The van der Waals surface area contributed by atoms with Crippen molar-refractivity contribution in [1.29, 1.82) is 0 Å². The number of phenols is 2. The predicted molar refractivity (Wildman–Crippen MR) is 93.0 cm³/mol. The van der Waals surface area contributed by atoms with E-state index >= 15 is 0 Å². The van der Waals surface area contributed by atoms with Gasteiger partial charge in [-0.2, -0.15) is 16.8 Å². The first-order chi connectivity index (χ1) is 11.9. The molecule has 27 heavy (non-hydrogen) atoms. The van der Waals surface area contributed by atoms with Gasteiger partial charge in [-0.1, -0.05) is 0 Å². The van der Waals surface area contributed by atoms with Crippen molar-refractivity contribution in [3.63, 3.8) is 0 Å². The van der Waals surface area contributed by atoms with Crippen LogP contribution in [0.2, 0.25) is 0 Å². The van der Waals surface area contributed by atoms with Crippen LogP contribution in [0.5, 0.6) is 17.2 Å². The van der Waals surface area contributed by atoms with Gasteiger partial charge < -0.3 is 14.9 Å². The quantitative estimate of drug-likeness (QED) is 0.292. The van der Waals surface area contributed by atoms with Gasteiger partial charge in [0.05, 0.1) is 23.1 Å². The summed E-state index contributed by atoms with van der Waals surface area (Å²) in [6.45, 7) is 0. The van der Waals surface area contributed by atoms with Crippen molar-refractivity contribution in [2.75, 3.05) is 7.11 Å². The molecule has 0 bridgehead atoms. The molecule has 0 aliphatic carbocycles. The van der Waals surface area contributed by atoms with E-state index in [4.69, 9.17) is 9.29 Å². The van der Waals surface area contributed by atoms with Crippen LogP contribution in [0.1, 0.15) is 15.9 Å². The van der Waals surface area contributed by atoms with E-state index in [0.29, 0.717) is 12.1 Å². The van der Waals surface area contributed by atoms with Gasteiger partial charge in [-0.05, 0) is 24.3 Å². The molecule has 13 heteroatoms. The Kier molecular flexibility index (Phi) is 7.05. The number of hydrogen-bond donors (Lipinski definition) is 4. The Morgan fingerprint density at radius 2 is 1.44 bits per heavy atom. The Bertz CT molecular complexity index is 1110. The Labute approximate surface area is 176 Å². The van der Waals surface area contributed by atoms with Crippen molar-refractivity contribution in [2.24, 2.45) is 0 Å². The summed E-state index contributed by atoms with van der Waals surface area (Å²) in [6, 6.07) is 3.65. The summed E-state index contributed by atoms with van der Waals surface area (Å²) < 4.78 is 68.1. The van der Waals surface area contributed by atoms with Crippen molar-refractivity contribution in [1.82, 2.24) is 0 Å². The van der Waals surface area contributed by atoms with Gasteiger partial charge >= 0.3 is 29.6 Å². The molecule has 0 fully saturated rings. The third-order valence-electron chi connectivity index (χ3n) is 3.31. The topological polar surface area (TPSA) is 176 Å². The zero-order valence-corrected chi connectivity index (χ0v) is 14.6. The maximum atomic E-state index is 12.5. The van der Waals surface area contributed by atoms with Crippen molar-refractivity contribution < 1.29 is 45.7 Å². The molecule has 0 saturated heterocycles. The van der Waals surface area contributed by atoms with E-state index in [9.17, 15) is 36.4 Å². The minimum atomic E-state index is -4.83. The fourth-order valence-corrected chi connectivity index (χ4v) is 3.26. The minimum absolute atomic E-state index is 0. The normalized spacial score (nSPS) is 11.5. The molecular weight excluding hydrogens is 415 g/mol. The molecule has 0 saturated carbocycles. The average Bonchev–Trinajstić information content (AvgIpc) is 2.52. The van der Waals surface area contributed by atoms with E-state index in [-0.39, 0.29) is 29.6 Å². The third-order valence-corrected chi connectivity index (χ3v) is 5.04. The monoisotopic (exact) mass is 428 g/mol. The molecule has 0 radical (unpaired) electrons. The van der Waals surface area contributed by atoms with Gasteiger partial charge in [0.2, 0.25) is 5.78 Å². The average molecular weight is 428 g/mol. The number of benzene rings is 2. The van der Waals surface area contributed by atoms with Crippen LogP contribution in [0.3, 0.4) is 0 Å². The van der Waals surface area contributed by atoms with Crippen LogP contribution in [-0.4, -0.2) is 78.6 Å². The van der Waals surface area contributed by atoms with Crippen LogP contribution in [0, 0.1) is 0 Å². The fraction of sp³-hybridized carbons (Fsp3) is 0.0714. The zero-order chi connectivity index (χ0) is 19.9. The van der Waals surface area contributed by atoms with Gasteiger partial charge in [0.1, 0.15) is 22.1 Å². The SMILES string of the molecule is COc1cc(O)c(C(=O)c2cc(S(=O)(=O)O)ccc2O)cc1S(=O)(=O)O.[NaH]. The second-order valence-electron chi connectivity index (χ2n) is 4.98. The van der Waals surface area contributed by atoms with Crippen LogP contribution in [0.25, 0.3) is 0 Å². The van der Waals surface area contributed by atoms with Crippen molar-refractivity contribution in [3.05, 3.63) is 41.5 Å². The Balaban J connectivity index is 0.00000364. The summed E-state index contributed by atoms with van der Waals surface area (Å²) in [5.41, 5.74) is -1.30. The molecule has 0 aromatic heterocycles. The third kappa shape index (κ3) is 4.99. The molecule has 0 atom stereocenters. The second-order valence-corrected chi connectivity index (χ2v) is 7.79. The van der Waals surface area contributed by atoms with Gasteiger partial charge in [0, 0.05) is 6.07 Å². The first-order valence-corrected chi connectivity index (χ1v) is 9.48. The molecule has 2 aromatic carbocycles. The number of ketones is 1. The number of carbonyl (C=O) groups is 1. The number of methoxy groups -OCH3 is 1. The van der Waals surface area contributed by atoms with Crippen molar-refractivity contribution >= 4 is 55.6 Å². The zero-order valence-electron chi connectivity index (χ0n) is 12.9. The molecule has 10 nitrogen and oxygen atoms in total. The predicted octanol–water partition coefficient (Wildman–Crippen LogP) is 0.182. The van der Waals surface area contributed by atoms with Crippen molar-refractivity contribution in [2.45, 2.75) is 9.79 Å². The molecule has 0 unspecified atom stereocenters. The number of ether oxygens (including phenoxy) is 1. The van der Waals surface area contributed by atoms with E-state index in [1.165, 1.54) is 0 Å². The Morgan fingerprint density at radius 3 is 1.93 bits per heavy atom. The number of aromatic hydroxyl groups is 2. The molecular formula is C14H13NaO10S2. The number of rotatable bonds is 5. The van der Waals surface area contributed by atoms with Crippen LogP contribution in [0.15, 0.2) is 40.1 Å². The van der Waals surface area contributed by atoms with Crippen LogP contribution in [-0.2, 0) is 20.2 Å². The van der Waals surface area contributed by atoms with Crippen LogP contribution < -0.4 is 4.74 Å². The van der Waals surface area contributed by atoms with E-state index in [0.717, 1.165) is 25.3 Å². The summed E-state index contributed by atoms with van der Waals surface area (Å²) in [4.78, 5) is 11.0. The summed E-state index contributed by atoms with van der Waals surface area (Å²) in [6.07, 6.45) is 0. The first-order valence-electron chi connectivity index (χ1n) is 6.60. The molecule has 0 heterocycles. The van der Waals surface area contributed by atoms with E-state index < -0.39 is 64.2 Å². The van der Waals surface area contributed by atoms with Gasteiger partial charge in [0.25, 0.3) is 20.2 Å². The summed E-state index contributed by atoms with van der Waals surface area (Å²) in [7, 11) is -8.46. The van der Waals surface area contributed by atoms with E-state index in [1.54, 1.807) is 0 Å². The number of carbonyl (C=O) groups excluding carboxylic acids is 1. The van der Waals surface area contributed by atoms with Crippen molar-refractivity contribution in [3.8, 4) is 17.2 Å². The fourth-order valence-electron chi connectivity index (χ4n) is 2.09. The molecule has 0 aliphatic heterocycles. The number of phenolic OH excluding ortho intramolecular Hbond substituents is 2. The molecule has 0 spiro atoms. The van der Waals surface area contributed by atoms with Gasteiger partial charge in [-0.3, -0.25) is 13.9 Å². The summed E-state index contributed by atoms with van der Waals surface area (Å²) in [5, 5.41) is 19.7. The van der Waals surface area contributed by atoms with E-state index in [2.05, 4.69) is 0 Å². The molecule has 2 rings (SSSR count). The van der Waals surface area contributed by atoms with E-state index in [1.807, 2.05) is 0 Å². The van der Waals surface area contributed by atoms with Gasteiger partial charge in [0.15, 0.2) is 0 Å². The molecule has 142 valence electrons. The molecule has 4 N–H and O–H groups in total. The first kappa shape index (κ1) is 23.4. The van der Waals surface area contributed by atoms with Crippen LogP contribution in [0.4, 0.5) is 0 Å². The Hall–Kier alpha value is -1.67. The summed E-state index contributed by atoms with van der Waals surface area (Å²) in [5.74, 6) is -3.06. The molecule has 2 aromatic rings. The standard InChI is InChI=1S/C14H12O10S2.Na.H/c1-24-12-6-11(16)9(5-13(12)26(21,22)23)14(17)8-4-7(25(18,19)20)2-3-10(8)15;;/h2-6,15-16H,1H3,(H,18,19,20)(H,21,22,23);;. The van der Waals surface area contributed by atoms with Gasteiger partial charge in [-0.25, -0.2) is 0 Å². The maximum absolute atomic E-state index is 12.5. The molecule has 0 aliphatic rings. The van der Waals surface area contributed by atoms with Crippen LogP contribution >= 0.6 is 0 Å². The summed E-state index contributed by atoms with van der Waals surface area (Å²) >= 11 is 0. The molecule has 0 amide bonds. The Morgan fingerprint density at radius 1 is 0.889 bits per heavy atom. The van der Waals surface area contributed by atoms with Gasteiger partial charge in [-0.15, -0.1) is 0 Å². The number of hydrogen-bond acceptors (Lipinski definition) is 8. The second kappa shape index (κ2) is 8.14.